The summed E-state index contributed by atoms with van der Waals surface area (Å²) in [5.74, 6) is 1.22. The van der Waals surface area contributed by atoms with Crippen LogP contribution in [0.3, 0.4) is 0 Å². The number of amides is 1. The van der Waals surface area contributed by atoms with E-state index in [1.165, 1.54) is 11.6 Å². The number of hydrogen-bond acceptors (Lipinski definition) is 5. The highest BCUT2D eigenvalue weighted by Gasteiger charge is 2.09. The Labute approximate surface area is 160 Å². The number of nitrogens with zero attached hydrogens (tertiary/aromatic N) is 1. The molecule has 2 aromatic rings. The van der Waals surface area contributed by atoms with E-state index in [0.717, 1.165) is 37.4 Å². The number of carbonyl (C=O) groups excluding carboxylic acids is 1. The van der Waals surface area contributed by atoms with Gasteiger partial charge in [-0.15, -0.1) is 0 Å². The number of benzene rings is 2. The van der Waals surface area contributed by atoms with E-state index in [9.17, 15) is 9.90 Å². The normalized spacial score (nSPS) is 10.7. The summed E-state index contributed by atoms with van der Waals surface area (Å²) in [4.78, 5) is 14.3. The van der Waals surface area contributed by atoms with Gasteiger partial charge >= 0.3 is 0 Å². The van der Waals surface area contributed by atoms with Gasteiger partial charge in [-0.05, 0) is 56.3 Å². The second-order valence-corrected chi connectivity index (χ2v) is 6.37. The molecule has 0 atom stereocenters. The molecule has 6 nitrogen and oxygen atoms in total. The fourth-order valence-corrected chi connectivity index (χ4v) is 2.78. The molecular formula is C21H28N2O4. The van der Waals surface area contributed by atoms with Crippen molar-refractivity contribution < 1.29 is 19.4 Å². The number of likely N-dealkylation sites (N-methyl/N-ethyl adjacent to an activating group) is 1. The largest absolute Gasteiger partial charge is 0.507 e. The van der Waals surface area contributed by atoms with Crippen molar-refractivity contribution in [1.82, 2.24) is 10.2 Å². The topological polar surface area (TPSA) is 71.0 Å². The minimum atomic E-state index is -0.249. The third-order valence-electron chi connectivity index (χ3n) is 4.38. The van der Waals surface area contributed by atoms with Gasteiger partial charge in [-0.1, -0.05) is 18.2 Å². The molecular weight excluding hydrogens is 344 g/mol. The Kier molecular flexibility index (Phi) is 7.95. The fraction of sp³-hybridized carbons (Fsp3) is 0.381. The molecule has 0 unspecified atom stereocenters. The lowest BCUT2D eigenvalue weighted by Crippen LogP contribution is -2.29. The van der Waals surface area contributed by atoms with Crippen molar-refractivity contribution in [1.29, 1.82) is 0 Å². The zero-order chi connectivity index (χ0) is 19.6. The number of aromatic hydroxyl groups is 1. The first kappa shape index (κ1) is 20.6. The quantitative estimate of drug-likeness (QED) is 0.628. The van der Waals surface area contributed by atoms with Gasteiger partial charge in [-0.2, -0.15) is 0 Å². The maximum Gasteiger partial charge on any atom is 0.255 e. The number of nitrogens with one attached hydrogen (secondary N) is 1. The summed E-state index contributed by atoms with van der Waals surface area (Å²) < 4.78 is 10.6. The highest BCUT2D eigenvalue weighted by Crippen LogP contribution is 2.27. The maximum absolute atomic E-state index is 12.0. The second-order valence-electron chi connectivity index (χ2n) is 6.37. The summed E-state index contributed by atoms with van der Waals surface area (Å²) >= 11 is 0. The monoisotopic (exact) mass is 372 g/mol. The molecule has 0 aromatic heterocycles. The van der Waals surface area contributed by atoms with Gasteiger partial charge in [0.1, 0.15) is 5.75 Å². The molecule has 0 saturated carbocycles. The van der Waals surface area contributed by atoms with Crippen LogP contribution in [0.2, 0.25) is 0 Å². The predicted octanol–water partition coefficient (Wildman–Crippen LogP) is 2.70. The van der Waals surface area contributed by atoms with Crippen LogP contribution in [-0.2, 0) is 6.42 Å². The van der Waals surface area contributed by atoms with Crippen molar-refractivity contribution in [3.63, 3.8) is 0 Å². The molecule has 0 heterocycles. The average molecular weight is 372 g/mol. The number of carbonyl (C=O) groups is 1. The number of phenolic OH excluding ortho intramolecular Hbond substituents is 1. The van der Waals surface area contributed by atoms with Crippen molar-refractivity contribution in [2.24, 2.45) is 0 Å². The first-order valence-corrected chi connectivity index (χ1v) is 9.00. The molecule has 6 heteroatoms. The summed E-state index contributed by atoms with van der Waals surface area (Å²) in [5, 5.41) is 12.5. The zero-order valence-corrected chi connectivity index (χ0v) is 16.2. The Bertz CT molecular complexity index is 749. The molecule has 0 saturated heterocycles. The fourth-order valence-electron chi connectivity index (χ4n) is 2.78. The number of hydrogen-bond donors (Lipinski definition) is 2. The van der Waals surface area contributed by atoms with Gasteiger partial charge in [0.2, 0.25) is 0 Å². The Morgan fingerprint density at radius 3 is 2.52 bits per heavy atom. The van der Waals surface area contributed by atoms with Gasteiger partial charge < -0.3 is 24.8 Å². The molecule has 2 rings (SSSR count). The van der Waals surface area contributed by atoms with Gasteiger partial charge in [0.25, 0.3) is 5.91 Å². The maximum atomic E-state index is 12.0. The van der Waals surface area contributed by atoms with Crippen molar-refractivity contribution >= 4 is 5.91 Å². The first-order chi connectivity index (χ1) is 13.0. The SMILES string of the molecule is COc1ccc(CCN(C)CCCNC(=O)c2ccccc2O)cc1OC. The number of rotatable bonds is 10. The van der Waals surface area contributed by atoms with Gasteiger partial charge in [0, 0.05) is 13.1 Å². The summed E-state index contributed by atoms with van der Waals surface area (Å²) in [6, 6.07) is 12.5. The van der Waals surface area contributed by atoms with Crippen LogP contribution in [0.5, 0.6) is 17.2 Å². The Hall–Kier alpha value is -2.73. The van der Waals surface area contributed by atoms with Crippen LogP contribution in [0.4, 0.5) is 0 Å². The average Bonchev–Trinajstić information content (AvgIpc) is 2.69. The van der Waals surface area contributed by atoms with E-state index < -0.39 is 0 Å². The molecule has 0 spiro atoms. The third kappa shape index (κ3) is 6.18. The van der Waals surface area contributed by atoms with Crippen LogP contribution < -0.4 is 14.8 Å². The summed E-state index contributed by atoms with van der Waals surface area (Å²) in [7, 11) is 5.33. The van der Waals surface area contributed by atoms with Gasteiger partial charge in [0.15, 0.2) is 11.5 Å². The molecule has 1 amide bonds. The first-order valence-electron chi connectivity index (χ1n) is 9.00. The third-order valence-corrected chi connectivity index (χ3v) is 4.38. The number of methoxy groups -OCH3 is 2. The lowest BCUT2D eigenvalue weighted by molar-refractivity contribution is 0.0949. The summed E-state index contributed by atoms with van der Waals surface area (Å²) in [6.45, 7) is 2.34. The van der Waals surface area contributed by atoms with Crippen LogP contribution in [-0.4, -0.2) is 56.8 Å². The Morgan fingerprint density at radius 1 is 1.07 bits per heavy atom. The molecule has 0 bridgehead atoms. The molecule has 27 heavy (non-hydrogen) atoms. The van der Waals surface area contributed by atoms with Crippen molar-refractivity contribution in [2.45, 2.75) is 12.8 Å². The van der Waals surface area contributed by atoms with Crippen LogP contribution in [0.1, 0.15) is 22.3 Å². The van der Waals surface area contributed by atoms with Gasteiger partial charge in [-0.25, -0.2) is 0 Å². The predicted molar refractivity (Wildman–Crippen MR) is 106 cm³/mol. The van der Waals surface area contributed by atoms with Gasteiger partial charge in [0.05, 0.1) is 19.8 Å². The minimum Gasteiger partial charge on any atom is -0.507 e. The van der Waals surface area contributed by atoms with E-state index in [0.29, 0.717) is 12.1 Å². The minimum absolute atomic E-state index is 0.00189. The smallest absolute Gasteiger partial charge is 0.255 e. The standard InChI is InChI=1S/C21H28N2O4/c1-23(14-11-16-9-10-19(26-2)20(15-16)27-3)13-6-12-22-21(25)17-7-4-5-8-18(17)24/h4-5,7-10,15,24H,6,11-14H2,1-3H3,(H,22,25). The highest BCUT2D eigenvalue weighted by atomic mass is 16.5. The van der Waals surface area contributed by atoms with E-state index in [1.807, 2.05) is 18.2 Å². The van der Waals surface area contributed by atoms with Crippen LogP contribution in [0.15, 0.2) is 42.5 Å². The van der Waals surface area contributed by atoms with E-state index in [2.05, 4.69) is 17.3 Å². The summed E-state index contributed by atoms with van der Waals surface area (Å²) in [5.41, 5.74) is 1.49. The van der Waals surface area contributed by atoms with Crippen molar-refractivity contribution in [2.75, 3.05) is 40.9 Å². The van der Waals surface area contributed by atoms with Crippen molar-refractivity contribution in [3.8, 4) is 17.2 Å². The Balaban J connectivity index is 1.70. The van der Waals surface area contributed by atoms with Crippen LogP contribution in [0.25, 0.3) is 0 Å². The molecule has 2 aromatic carbocycles. The zero-order valence-electron chi connectivity index (χ0n) is 16.2. The molecule has 0 radical (unpaired) electrons. The number of para-hydroxylation sites is 1. The molecule has 146 valence electrons. The Morgan fingerprint density at radius 2 is 1.81 bits per heavy atom. The molecule has 0 aliphatic rings. The number of ether oxygens (including phenoxy) is 2. The van der Waals surface area contributed by atoms with Crippen LogP contribution >= 0.6 is 0 Å². The molecule has 2 N–H and O–H groups in total. The van der Waals surface area contributed by atoms with Crippen LogP contribution in [0, 0.1) is 0 Å². The highest BCUT2D eigenvalue weighted by molar-refractivity contribution is 5.96. The molecule has 0 aliphatic heterocycles. The molecule has 0 aliphatic carbocycles. The van der Waals surface area contributed by atoms with E-state index in [1.54, 1.807) is 32.4 Å². The van der Waals surface area contributed by atoms with E-state index in [-0.39, 0.29) is 11.7 Å². The lowest BCUT2D eigenvalue weighted by atomic mass is 10.1. The summed E-state index contributed by atoms with van der Waals surface area (Å²) in [6.07, 6.45) is 1.74. The van der Waals surface area contributed by atoms with E-state index >= 15 is 0 Å². The van der Waals surface area contributed by atoms with Gasteiger partial charge in [-0.3, -0.25) is 4.79 Å². The molecule has 0 fully saturated rings. The lowest BCUT2D eigenvalue weighted by Gasteiger charge is -2.17. The number of phenols is 1. The van der Waals surface area contributed by atoms with Crippen molar-refractivity contribution in [3.05, 3.63) is 53.6 Å². The second kappa shape index (κ2) is 10.4. The van der Waals surface area contributed by atoms with E-state index in [4.69, 9.17) is 9.47 Å².